The fourth-order valence-corrected chi connectivity index (χ4v) is 17.5. The van der Waals surface area contributed by atoms with Gasteiger partial charge in [-0.15, -0.1) is 0 Å². The summed E-state index contributed by atoms with van der Waals surface area (Å²) >= 11 is 0. The van der Waals surface area contributed by atoms with Crippen LogP contribution in [0.3, 0.4) is 0 Å². The molecule has 0 bridgehead atoms. The summed E-state index contributed by atoms with van der Waals surface area (Å²) in [4.78, 5) is 23.4. The van der Waals surface area contributed by atoms with Gasteiger partial charge in [0.2, 0.25) is 15.9 Å². The molecular weight excluding hydrogens is 1690 g/mol. The minimum absolute atomic E-state index is 0.00460. The molecule has 1 aromatic heterocycles. The van der Waals surface area contributed by atoms with Crippen LogP contribution in [-0.4, -0.2) is 194 Å². The molecule has 0 atom stereocenters. The number of nitrogens with zero attached hydrogens (tertiary/aromatic N) is 8. The van der Waals surface area contributed by atoms with Gasteiger partial charge in [0, 0.05) is 104 Å². The highest BCUT2D eigenvalue weighted by atomic mass is 32.2. The van der Waals surface area contributed by atoms with E-state index in [9.17, 15) is 26.4 Å². The van der Waals surface area contributed by atoms with Crippen LogP contribution < -0.4 is 23.7 Å². The van der Waals surface area contributed by atoms with Crippen molar-refractivity contribution in [1.82, 2.24) is 38.7 Å². The van der Waals surface area contributed by atoms with Crippen molar-refractivity contribution in [3.8, 4) is 34.4 Å². The normalized spacial score (nSPS) is 17.6. The average Bonchev–Trinajstić information content (AvgIpc) is 1.85. The maximum absolute atomic E-state index is 12.3. The van der Waals surface area contributed by atoms with Gasteiger partial charge in [-0.3, -0.25) is 9.69 Å². The molecule has 1 amide bonds. The van der Waals surface area contributed by atoms with Crippen LogP contribution in [0, 0.1) is 5.92 Å². The molecule has 736 valence electrons. The Hall–Kier alpha value is -8.31. The lowest BCUT2D eigenvalue weighted by molar-refractivity contribution is -0.149. The van der Waals surface area contributed by atoms with E-state index in [1.54, 1.807) is 17.9 Å². The Kier molecular flexibility index (Phi) is 41.0. The number of amides is 1. The number of halogens is 3. The van der Waals surface area contributed by atoms with Gasteiger partial charge in [0.15, 0.2) is 0 Å². The summed E-state index contributed by atoms with van der Waals surface area (Å²) < 4.78 is 98.7. The number of piperidine rings is 5. The number of aromatic nitrogens is 3. The van der Waals surface area contributed by atoms with Gasteiger partial charge in [-0.2, -0.15) is 18.3 Å². The Morgan fingerprint density at radius 3 is 1.02 bits per heavy atom. The number of alkyl halides is 3. The molecule has 0 aliphatic carbocycles. The van der Waals surface area contributed by atoms with Gasteiger partial charge in [0.25, 0.3) is 0 Å². The second kappa shape index (κ2) is 49.6. The molecule has 0 radical (unpaired) electrons. The number of carbonyl (C=O) groups excluding carboxylic acids is 1. The Labute approximate surface area is 800 Å². The summed E-state index contributed by atoms with van der Waals surface area (Å²) in [6, 6.07) is 60.0. The lowest BCUT2D eigenvalue weighted by Gasteiger charge is -2.34. The molecule has 0 unspecified atom stereocenters. The third-order valence-electron chi connectivity index (χ3n) is 25.8. The molecule has 7 heterocycles. The first kappa shape index (κ1) is 110. The van der Waals surface area contributed by atoms with Gasteiger partial charge >= 0.3 is 6.18 Å². The quantitative estimate of drug-likeness (QED) is 0.0901. The summed E-state index contributed by atoms with van der Waals surface area (Å²) in [6.07, 6.45) is 14.3. The van der Waals surface area contributed by atoms with Crippen molar-refractivity contribution in [2.75, 3.05) is 98.5 Å². The molecule has 6 aliphatic rings. The summed E-state index contributed by atoms with van der Waals surface area (Å²) in [7, 11) is -0.891. The van der Waals surface area contributed by atoms with Gasteiger partial charge in [-0.1, -0.05) is 242 Å². The Morgan fingerprint density at radius 1 is 0.414 bits per heavy atom. The Bertz CT molecular complexity index is 4760. The predicted octanol–water partition coefficient (Wildman–Crippen LogP) is 24.8. The van der Waals surface area contributed by atoms with E-state index < -0.39 is 22.7 Å². The third kappa shape index (κ3) is 39.4. The van der Waals surface area contributed by atoms with Crippen molar-refractivity contribution in [2.24, 2.45) is 5.92 Å². The van der Waals surface area contributed by atoms with Crippen molar-refractivity contribution in [3.63, 3.8) is 0 Å². The Balaban J connectivity index is 0.000000192. The van der Waals surface area contributed by atoms with E-state index in [4.69, 9.17) is 28.4 Å². The maximum Gasteiger partial charge on any atom is 0.401 e. The van der Waals surface area contributed by atoms with Crippen LogP contribution in [0.1, 0.15) is 288 Å². The smallest absolute Gasteiger partial charge is 0.401 e. The second-order valence-corrected chi connectivity index (χ2v) is 46.8. The van der Waals surface area contributed by atoms with E-state index in [1.165, 1.54) is 85.6 Å². The highest BCUT2D eigenvalue weighted by Gasteiger charge is 2.34. The highest BCUT2D eigenvalue weighted by molar-refractivity contribution is 7.88. The zero-order valence-electron chi connectivity index (χ0n) is 86.0. The fraction of sp³-hybridized carbons (Fsp3) is 0.598. The number of benzene rings is 7. The summed E-state index contributed by atoms with van der Waals surface area (Å²) in [5.74, 6) is 5.60. The number of hydrogen-bond donors (Lipinski definition) is 0. The van der Waals surface area contributed by atoms with E-state index in [2.05, 4.69) is 320 Å². The highest BCUT2D eigenvalue weighted by Crippen LogP contribution is 2.35. The van der Waals surface area contributed by atoms with Crippen LogP contribution in [0.5, 0.6) is 28.7 Å². The SMILES string of the molecule is CC(=O)N1CCC(Oc2ccc(C(C)(C)C)cc2)CC1.CC(C)(C)c1ccc(-n2cncn2)cc1.CC(C)(C)c1ccc(OC2CCN(CC(F)(F)F)CC2)cc1.CC(C)(C)c1ccc(OC2CCN(S(C)(=O)=O)CC2)cc1.CC(C)(C)c1cccc(CC2CCOCC2)c1.CC(C)N1CCC(Oc2ccc(C(C)(C)C)cc2)CC1.CN1CCC(Oc2ccc(C(C)(C)C)cc2)CC1. The topological polar surface area (TPSA) is 153 Å². The first-order valence-electron chi connectivity index (χ1n) is 49.0. The monoisotopic (exact) mass is 1860 g/mol. The molecule has 8 aromatic rings. The van der Waals surface area contributed by atoms with E-state index in [-0.39, 0.29) is 62.1 Å². The fourth-order valence-electron chi connectivity index (χ4n) is 16.7. The minimum atomic E-state index is -4.11. The number of hydrogen-bond acceptors (Lipinski definition) is 14. The van der Waals surface area contributed by atoms with E-state index in [1.807, 2.05) is 41.3 Å². The molecule has 6 saturated heterocycles. The number of rotatable bonds is 16. The first-order valence-corrected chi connectivity index (χ1v) is 50.9. The minimum Gasteiger partial charge on any atom is -0.490 e. The van der Waals surface area contributed by atoms with Gasteiger partial charge in [0.05, 0.1) is 18.5 Å². The van der Waals surface area contributed by atoms with Crippen LogP contribution >= 0.6 is 0 Å². The largest absolute Gasteiger partial charge is 0.490 e. The number of carbonyl (C=O) groups is 1. The third-order valence-corrected chi connectivity index (χ3v) is 27.1. The molecule has 14 rings (SSSR count). The van der Waals surface area contributed by atoms with Gasteiger partial charge in [0.1, 0.15) is 71.9 Å². The van der Waals surface area contributed by atoms with Crippen molar-refractivity contribution in [3.05, 3.63) is 227 Å². The second-order valence-electron chi connectivity index (χ2n) is 44.8. The van der Waals surface area contributed by atoms with Crippen LogP contribution in [-0.2, 0) is 63.9 Å². The van der Waals surface area contributed by atoms with Crippen LogP contribution in [0.25, 0.3) is 5.69 Å². The van der Waals surface area contributed by atoms with E-state index >= 15 is 0 Å². The molecule has 7 aromatic carbocycles. The number of sulfonamides is 1. The summed E-state index contributed by atoms with van der Waals surface area (Å²) in [5.41, 5.74) is 13.1. The lowest BCUT2D eigenvalue weighted by Crippen LogP contribution is -2.42. The molecule has 0 saturated carbocycles. The zero-order valence-corrected chi connectivity index (χ0v) is 86.9. The summed E-state index contributed by atoms with van der Waals surface area (Å²) in [5, 5.41) is 4.08. The van der Waals surface area contributed by atoms with Crippen molar-refractivity contribution >= 4 is 15.9 Å². The van der Waals surface area contributed by atoms with E-state index in [0.717, 1.165) is 144 Å². The molecule has 133 heavy (non-hydrogen) atoms. The zero-order chi connectivity index (χ0) is 97.9. The Morgan fingerprint density at radius 2 is 0.722 bits per heavy atom. The van der Waals surface area contributed by atoms with Gasteiger partial charge < -0.3 is 43.1 Å². The van der Waals surface area contributed by atoms with Crippen molar-refractivity contribution in [2.45, 2.75) is 330 Å². The van der Waals surface area contributed by atoms with Crippen LogP contribution in [0.4, 0.5) is 13.2 Å². The van der Waals surface area contributed by atoms with Gasteiger partial charge in [-0.25, -0.2) is 22.4 Å². The standard InChI is InChI=1S/C18H29NO.C17H24F3NO.C17H25NO2.C16H25NO3S.C16H25NO.C16H24O.C12H15N3/c1-14(2)19-12-10-17(11-13-19)20-16-8-6-15(7-9-16)18(3,4)5;1-16(2,3)13-4-6-14(7-5-13)22-15-8-10-21(11-9-15)12-17(18,19)20;1-13(19)18-11-9-16(10-12-18)20-15-7-5-14(6-8-15)17(2,3)4;1-16(2,3)13-5-7-14(8-6-13)20-15-9-11-17(12-10-15)21(4,18)19;1-16(2,3)13-5-7-14(8-6-13)18-15-9-11-17(4)12-10-15;1-16(2,3)15-6-4-5-14(12-15)11-13-7-9-17-10-8-13;1-12(2,3)10-4-6-11(7-5-10)15-9-13-8-14-15/h6-9,14,17H,10-13H2,1-5H3;4-7,15H,8-12H2,1-3H3;5-8,16H,9-12H2,1-4H3;5-8,15H,9-12H2,1-4H3;5-8,15H,9-12H2,1-4H3;4-6,12-13H,7-11H2,1-3H3;4-9H,1-3H3. The van der Waals surface area contributed by atoms with E-state index in [0.29, 0.717) is 57.3 Å². The first-order chi connectivity index (χ1) is 62.1. The molecule has 21 heteroatoms. The molecule has 17 nitrogen and oxygen atoms in total. The number of ether oxygens (including phenoxy) is 6. The van der Waals surface area contributed by atoms with Crippen LogP contribution in [0.2, 0.25) is 0 Å². The lowest BCUT2D eigenvalue weighted by atomic mass is 9.84. The average molecular weight is 1860 g/mol. The maximum atomic E-state index is 12.3. The summed E-state index contributed by atoms with van der Waals surface area (Å²) in [6.45, 7) is 61.9. The molecule has 6 fully saturated rings. The predicted molar refractivity (Wildman–Crippen MR) is 542 cm³/mol. The number of likely N-dealkylation sites (tertiary alicyclic amines) is 4. The molecule has 0 spiro atoms. The van der Waals surface area contributed by atoms with Crippen LogP contribution in [0.15, 0.2) is 183 Å². The molecular formula is C112H167F3N8O9S. The van der Waals surface area contributed by atoms with Gasteiger partial charge in [-0.05, 0) is 253 Å². The molecule has 0 N–H and O–H groups in total. The van der Waals surface area contributed by atoms with Crippen molar-refractivity contribution < 1.29 is 54.8 Å². The molecule has 6 aliphatic heterocycles. The van der Waals surface area contributed by atoms with Crippen molar-refractivity contribution in [1.29, 1.82) is 0 Å².